The van der Waals surface area contributed by atoms with Crippen molar-refractivity contribution in [3.63, 3.8) is 0 Å². The largest absolute Gasteiger partial charge is 0.478 e. The lowest BCUT2D eigenvalue weighted by Gasteiger charge is -2.28. The number of nitrogens with zero attached hydrogens (tertiary/aromatic N) is 4. The third kappa shape index (κ3) is 21.0. The number of Topliss-reactive ketones (excluding diaryl/α,β-unsaturated/α-hetero) is 1. The molecule has 30 heteroatoms. The molecule has 0 aliphatic carbocycles. The highest BCUT2D eigenvalue weighted by Gasteiger charge is 2.39. The summed E-state index contributed by atoms with van der Waals surface area (Å²) >= 11 is 12.1. The molecule has 0 amide bonds. The predicted octanol–water partition coefficient (Wildman–Crippen LogP) is 21.5. The standard InChI is InChI=1S/C23H27NO5S2.C22H25NO5S2.C21H24BrNO3S2.C20H20BrNO3S2/c1-5-6-15-24(31(27,28)17-13-11-16(12-14-17)22(25)29-4)21-20(23(2,3)26)18-9-7-8-10-19(18)30-21;1-4-5-14-23(30(27,28)16-12-10-15(11-13-16)21(24)25)20-19(22(2,3)26)17-8-6-7-9-18(17)29-20;1-4-5-14-23(28(25,26)16-12-10-15(22)11-13-16)20-19(21(2,3)24)17-8-6-7-9-18(17)27-20;1-3-4-13-22(27(24,25)16-11-9-15(21)10-12-16)20-19(14(2)23)17-7-5-6-8-18(17)26-20/h7-14,26H,5-6,15H2,1-4H3;6-13,26H,4-5,14H2,1-3H3,(H,24,25);6-13,24H,4-5,14H2,1-3H3;5-12H,3-4,13H2,1-2H3. The van der Waals surface area contributed by atoms with E-state index in [0.29, 0.717) is 74.6 Å². The van der Waals surface area contributed by atoms with Crippen LogP contribution in [0.2, 0.25) is 0 Å². The number of rotatable bonds is 30. The normalized spacial score (nSPS) is 12.1. The molecule has 0 aliphatic rings. The van der Waals surface area contributed by atoms with Gasteiger partial charge in [0.2, 0.25) is 0 Å². The summed E-state index contributed by atoms with van der Waals surface area (Å²) in [5.41, 5.74) is -1.05. The van der Waals surface area contributed by atoms with Crippen molar-refractivity contribution >= 4 is 195 Å². The zero-order valence-electron chi connectivity index (χ0n) is 66.5. The van der Waals surface area contributed by atoms with Crippen LogP contribution in [0.15, 0.2) is 223 Å². The second-order valence-corrected chi connectivity index (χ2v) is 42.2. The molecule has 0 spiro atoms. The zero-order valence-corrected chi connectivity index (χ0v) is 76.2. The minimum absolute atomic E-state index is 0.0164. The van der Waals surface area contributed by atoms with Gasteiger partial charge in [0.05, 0.1) is 60.2 Å². The number of ether oxygens (including phenoxy) is 1. The van der Waals surface area contributed by atoms with Crippen LogP contribution < -0.4 is 17.2 Å². The maximum atomic E-state index is 13.7. The number of carbonyl (C=O) groups excluding carboxylic acids is 2. The second kappa shape index (κ2) is 38.8. The van der Waals surface area contributed by atoms with E-state index in [1.807, 2.05) is 125 Å². The van der Waals surface area contributed by atoms with Crippen LogP contribution in [0.25, 0.3) is 40.3 Å². The van der Waals surface area contributed by atoms with Gasteiger partial charge in [-0.3, -0.25) is 22.0 Å². The Morgan fingerprint density at radius 1 is 0.371 bits per heavy atom. The number of halogens is 2. The lowest BCUT2D eigenvalue weighted by Crippen LogP contribution is -2.33. The van der Waals surface area contributed by atoms with E-state index in [1.165, 1.54) is 125 Å². The van der Waals surface area contributed by atoms with Crippen LogP contribution in [0.4, 0.5) is 20.0 Å². The number of aromatic carboxylic acids is 1. The van der Waals surface area contributed by atoms with Gasteiger partial charge in [-0.1, -0.05) is 158 Å². The smallest absolute Gasteiger partial charge is 0.337 e. The van der Waals surface area contributed by atoms with Gasteiger partial charge in [0.15, 0.2) is 5.78 Å². The molecule has 0 bridgehead atoms. The molecular weight excluding hydrogens is 1760 g/mol. The molecule has 4 aromatic heterocycles. The lowest BCUT2D eigenvalue weighted by atomic mass is 9.97. The molecule has 0 aliphatic heterocycles. The number of carboxylic acid groups (broad SMARTS) is 1. The van der Waals surface area contributed by atoms with Crippen LogP contribution in [0, 0.1) is 0 Å². The highest BCUT2D eigenvalue weighted by Crippen LogP contribution is 2.50. The predicted molar refractivity (Wildman–Crippen MR) is 480 cm³/mol. The Labute approximate surface area is 713 Å². The van der Waals surface area contributed by atoms with E-state index in [1.54, 1.807) is 90.1 Å². The summed E-state index contributed by atoms with van der Waals surface area (Å²) in [6, 6.07) is 54.6. The van der Waals surface area contributed by atoms with Crippen molar-refractivity contribution in [2.75, 3.05) is 50.5 Å². The number of thiophene rings is 4. The van der Waals surface area contributed by atoms with Crippen LogP contribution >= 0.6 is 77.2 Å². The SMILES string of the molecule is CCCCN(c1sc2ccccc2c1C(C)(C)O)S(=O)(=O)c1ccc(Br)cc1.CCCCN(c1sc2ccccc2c1C(C)(C)O)S(=O)(=O)c1ccc(C(=O)O)cc1.CCCCN(c1sc2ccccc2c1C(C)(C)O)S(=O)(=O)c1ccc(C(=O)OC)cc1.CCCCN(c1sc2ccccc2c1C(C)=O)S(=O)(=O)c1ccc(Br)cc1. The Bertz CT molecular complexity index is 5930. The molecule has 0 atom stereocenters. The molecule has 116 heavy (non-hydrogen) atoms. The van der Waals surface area contributed by atoms with Crippen molar-refractivity contribution in [1.29, 1.82) is 0 Å². The molecule has 20 nitrogen and oxygen atoms in total. The van der Waals surface area contributed by atoms with Crippen LogP contribution in [0.3, 0.4) is 0 Å². The van der Waals surface area contributed by atoms with Gasteiger partial charge in [0.25, 0.3) is 40.1 Å². The molecule has 0 radical (unpaired) electrons. The maximum Gasteiger partial charge on any atom is 0.337 e. The van der Waals surface area contributed by atoms with E-state index in [4.69, 9.17) is 9.84 Å². The van der Waals surface area contributed by atoms with E-state index in [-0.39, 0.29) is 49.6 Å². The Balaban J connectivity index is 0.000000177. The Morgan fingerprint density at radius 3 is 0.871 bits per heavy atom. The Hall–Kier alpha value is -7.95. The van der Waals surface area contributed by atoms with E-state index in [2.05, 4.69) is 31.9 Å². The number of aliphatic hydroxyl groups is 3. The van der Waals surface area contributed by atoms with Crippen molar-refractivity contribution in [2.24, 2.45) is 0 Å². The molecule has 0 saturated carbocycles. The van der Waals surface area contributed by atoms with Gasteiger partial charge in [-0.15, -0.1) is 45.3 Å². The minimum Gasteiger partial charge on any atom is -0.478 e. The van der Waals surface area contributed by atoms with E-state index < -0.39 is 68.8 Å². The first kappa shape index (κ1) is 91.9. The topological polar surface area (TPSA) is 291 Å². The molecule has 12 aromatic rings. The number of anilines is 4. The van der Waals surface area contributed by atoms with Crippen LogP contribution in [-0.4, -0.2) is 105 Å². The first-order chi connectivity index (χ1) is 54.7. The monoisotopic (exact) mass is 1850 g/mol. The van der Waals surface area contributed by atoms with Crippen LogP contribution in [0.5, 0.6) is 0 Å². The van der Waals surface area contributed by atoms with Gasteiger partial charge in [-0.2, -0.15) is 0 Å². The number of unbranched alkanes of at least 4 members (excludes halogenated alkanes) is 4. The molecule has 8 aromatic carbocycles. The summed E-state index contributed by atoms with van der Waals surface area (Å²) < 4.78 is 124. The number of carboxylic acids is 1. The number of ketones is 1. The highest BCUT2D eigenvalue weighted by molar-refractivity contribution is 9.10. The van der Waals surface area contributed by atoms with Gasteiger partial charge in [-0.25, -0.2) is 43.3 Å². The summed E-state index contributed by atoms with van der Waals surface area (Å²) in [5, 5.41) is 47.2. The number of fused-ring (bicyclic) bond motifs is 4. The number of benzene rings is 8. The van der Waals surface area contributed by atoms with E-state index in [0.717, 1.165) is 81.4 Å². The summed E-state index contributed by atoms with van der Waals surface area (Å²) in [5.74, 6) is -1.77. The number of hydrogen-bond donors (Lipinski definition) is 4. The third-order valence-electron chi connectivity index (χ3n) is 18.6. The van der Waals surface area contributed by atoms with Crippen molar-refractivity contribution in [1.82, 2.24) is 0 Å². The van der Waals surface area contributed by atoms with Crippen LogP contribution in [0.1, 0.15) is 175 Å². The maximum absolute atomic E-state index is 13.7. The van der Waals surface area contributed by atoms with Gasteiger partial charge in [-0.05, 0) is 195 Å². The van der Waals surface area contributed by atoms with Gasteiger partial charge >= 0.3 is 11.9 Å². The van der Waals surface area contributed by atoms with E-state index in [9.17, 15) is 63.4 Å². The van der Waals surface area contributed by atoms with E-state index >= 15 is 0 Å². The minimum atomic E-state index is -3.96. The first-order valence-electron chi connectivity index (χ1n) is 37.6. The van der Waals surface area contributed by atoms with Crippen molar-refractivity contribution in [3.8, 4) is 0 Å². The van der Waals surface area contributed by atoms with Gasteiger partial charge in [0.1, 0.15) is 20.0 Å². The van der Waals surface area contributed by atoms with Crippen LogP contribution in [-0.2, 0) is 61.6 Å². The van der Waals surface area contributed by atoms with Gasteiger partial charge < -0.3 is 25.2 Å². The fourth-order valence-corrected chi connectivity index (χ4v) is 25.7. The summed E-state index contributed by atoms with van der Waals surface area (Å²) in [6.07, 6.45) is 6.09. The summed E-state index contributed by atoms with van der Waals surface area (Å²) in [4.78, 5) is 35.8. The number of carbonyl (C=O) groups is 3. The molecule has 0 unspecified atom stereocenters. The molecule has 618 valence electrons. The molecule has 4 N–H and O–H groups in total. The second-order valence-electron chi connectivity index (χ2n) is 28.8. The molecule has 0 saturated heterocycles. The Morgan fingerprint density at radius 2 is 0.612 bits per heavy atom. The number of methoxy groups -OCH3 is 1. The zero-order chi connectivity index (χ0) is 85.0. The average molecular weight is 1860 g/mol. The molecular formula is C86H96Br2N4O16S8. The van der Waals surface area contributed by atoms with Crippen molar-refractivity contribution in [3.05, 3.63) is 236 Å². The average Bonchev–Trinajstić information content (AvgIpc) is 1.60. The summed E-state index contributed by atoms with van der Waals surface area (Å²) in [6.45, 7) is 20.8. The summed E-state index contributed by atoms with van der Waals surface area (Å²) in [7, 11) is -14.1. The van der Waals surface area contributed by atoms with Crippen molar-refractivity contribution < 1.29 is 73.2 Å². The lowest BCUT2D eigenvalue weighted by molar-refractivity contribution is 0.0599. The molecule has 12 rings (SSSR count). The Kier molecular flexibility index (Phi) is 30.8. The number of hydrogen-bond acceptors (Lipinski definition) is 19. The van der Waals surface area contributed by atoms with Gasteiger partial charge in [0, 0.05) is 92.2 Å². The fourth-order valence-electron chi connectivity index (χ4n) is 12.8. The number of sulfonamides is 4. The van der Waals surface area contributed by atoms with Crippen molar-refractivity contribution in [2.45, 2.75) is 164 Å². The molecule has 0 fully saturated rings. The quantitative estimate of drug-likeness (QED) is 0.0240. The fraction of sp³-hybridized carbons (Fsp3) is 0.314. The first-order valence-corrected chi connectivity index (χ1v) is 48.2. The third-order valence-corrected chi connectivity index (χ3v) is 32.2. The highest BCUT2D eigenvalue weighted by atomic mass is 79.9. The number of esters is 1. The molecule has 4 heterocycles.